The van der Waals surface area contributed by atoms with Crippen LogP contribution in [-0.4, -0.2) is 47.8 Å². The molecule has 2 aliphatic rings. The van der Waals surface area contributed by atoms with Crippen molar-refractivity contribution in [2.45, 2.75) is 45.1 Å². The van der Waals surface area contributed by atoms with Gasteiger partial charge in [-0.1, -0.05) is 56.5 Å². The van der Waals surface area contributed by atoms with Gasteiger partial charge in [0.15, 0.2) is 0 Å². The van der Waals surface area contributed by atoms with Crippen molar-refractivity contribution in [3.63, 3.8) is 0 Å². The molecule has 1 saturated heterocycles. The minimum absolute atomic E-state index is 0.0890. The summed E-state index contributed by atoms with van der Waals surface area (Å²) >= 11 is 0. The van der Waals surface area contributed by atoms with Gasteiger partial charge < -0.3 is 15.5 Å². The molecule has 2 N–H and O–H groups in total. The van der Waals surface area contributed by atoms with E-state index in [1.807, 2.05) is 47.1 Å². The highest BCUT2D eigenvalue weighted by Gasteiger charge is 2.32. The van der Waals surface area contributed by atoms with Crippen LogP contribution >= 0.6 is 0 Å². The van der Waals surface area contributed by atoms with E-state index in [1.165, 1.54) is 19.3 Å². The number of carbonyl (C=O) groups excluding carboxylic acids is 2. The lowest BCUT2D eigenvalue weighted by molar-refractivity contribution is -0.144. The van der Waals surface area contributed by atoms with Gasteiger partial charge in [-0.15, -0.1) is 0 Å². The molecule has 3 rings (SSSR count). The predicted octanol–water partition coefficient (Wildman–Crippen LogP) is 2.57. The number of nitrogens with zero attached hydrogens (tertiary/aromatic N) is 2. The van der Waals surface area contributed by atoms with E-state index in [-0.39, 0.29) is 23.8 Å². The zero-order valence-electron chi connectivity index (χ0n) is 15.8. The third kappa shape index (κ3) is 4.26. The summed E-state index contributed by atoms with van der Waals surface area (Å²) in [5.41, 5.74) is 7.29. The van der Waals surface area contributed by atoms with Crippen LogP contribution in [0.1, 0.15) is 50.6 Å². The van der Waals surface area contributed by atoms with Gasteiger partial charge in [-0.25, -0.2) is 0 Å². The van der Waals surface area contributed by atoms with E-state index < -0.39 is 0 Å². The topological polar surface area (TPSA) is 66.6 Å². The van der Waals surface area contributed by atoms with Crippen molar-refractivity contribution in [1.82, 2.24) is 9.80 Å². The molecule has 2 amide bonds. The van der Waals surface area contributed by atoms with Crippen molar-refractivity contribution in [2.75, 3.05) is 26.2 Å². The summed E-state index contributed by atoms with van der Waals surface area (Å²) in [6.07, 6.45) is 5.65. The first kappa shape index (κ1) is 18.9. The molecule has 5 heteroatoms. The lowest BCUT2D eigenvalue weighted by atomic mass is 9.88. The number of rotatable bonds is 4. The molecule has 1 aromatic rings. The second kappa shape index (κ2) is 8.67. The molecule has 2 atom stereocenters. The minimum Gasteiger partial charge on any atom is -0.339 e. The number of nitrogens with two attached hydrogens (primary N) is 1. The highest BCUT2D eigenvalue weighted by atomic mass is 16.2. The lowest BCUT2D eigenvalue weighted by Gasteiger charge is -2.38. The predicted molar refractivity (Wildman–Crippen MR) is 102 cm³/mol. The lowest BCUT2D eigenvalue weighted by Crippen LogP contribution is -2.53. The van der Waals surface area contributed by atoms with Crippen LogP contribution in [0.25, 0.3) is 0 Å². The summed E-state index contributed by atoms with van der Waals surface area (Å²) in [4.78, 5) is 29.3. The summed E-state index contributed by atoms with van der Waals surface area (Å²) in [6.45, 7) is 4.43. The molecule has 1 heterocycles. The number of hydrogen-bond acceptors (Lipinski definition) is 3. The van der Waals surface area contributed by atoms with E-state index in [0.717, 1.165) is 18.4 Å². The Balaban J connectivity index is 1.52. The van der Waals surface area contributed by atoms with Gasteiger partial charge >= 0.3 is 0 Å². The fraction of sp³-hybridized carbons (Fsp3) is 0.619. The standard InChI is InChI=1S/C21H31N3O2/c1-16(19(22)17-8-4-2-5-9-17)20(25)23-12-14-24(15-13-23)21(26)18-10-6-3-7-11-18/h2,4-5,8-9,16,18-19H,3,6-7,10-15,22H2,1H3. The van der Waals surface area contributed by atoms with Crippen LogP contribution in [0.2, 0.25) is 0 Å². The molecule has 2 unspecified atom stereocenters. The molecule has 1 aliphatic heterocycles. The molecule has 26 heavy (non-hydrogen) atoms. The number of hydrogen-bond donors (Lipinski definition) is 1. The SMILES string of the molecule is CC(C(=O)N1CCN(C(=O)C2CCCCC2)CC1)C(N)c1ccccc1. The van der Waals surface area contributed by atoms with E-state index in [1.54, 1.807) is 0 Å². The fourth-order valence-electron chi connectivity index (χ4n) is 4.16. The van der Waals surface area contributed by atoms with Gasteiger partial charge in [0.25, 0.3) is 0 Å². The van der Waals surface area contributed by atoms with E-state index in [4.69, 9.17) is 5.73 Å². The minimum atomic E-state index is -0.300. The zero-order valence-corrected chi connectivity index (χ0v) is 15.8. The molecule has 2 fully saturated rings. The summed E-state index contributed by atoms with van der Waals surface area (Å²) < 4.78 is 0. The average molecular weight is 357 g/mol. The number of benzene rings is 1. The average Bonchev–Trinajstić information content (AvgIpc) is 2.73. The summed E-state index contributed by atoms with van der Waals surface area (Å²) in [5.74, 6) is 0.325. The van der Waals surface area contributed by atoms with Crippen LogP contribution in [0.5, 0.6) is 0 Å². The van der Waals surface area contributed by atoms with Crippen molar-refractivity contribution < 1.29 is 9.59 Å². The Bertz CT molecular complexity index is 605. The molecule has 1 saturated carbocycles. The van der Waals surface area contributed by atoms with Gasteiger partial charge in [0.1, 0.15) is 0 Å². The normalized spacial score (nSPS) is 21.3. The Hall–Kier alpha value is -1.88. The maximum absolute atomic E-state index is 12.8. The van der Waals surface area contributed by atoms with Crippen molar-refractivity contribution in [2.24, 2.45) is 17.6 Å². The van der Waals surface area contributed by atoms with Crippen LogP contribution < -0.4 is 5.73 Å². The van der Waals surface area contributed by atoms with E-state index in [9.17, 15) is 9.59 Å². The first-order valence-corrected chi connectivity index (χ1v) is 9.96. The second-order valence-electron chi connectivity index (χ2n) is 7.71. The largest absolute Gasteiger partial charge is 0.339 e. The Morgan fingerprint density at radius 2 is 1.54 bits per heavy atom. The van der Waals surface area contributed by atoms with Crippen LogP contribution in [0, 0.1) is 11.8 Å². The molecule has 5 nitrogen and oxygen atoms in total. The fourth-order valence-corrected chi connectivity index (χ4v) is 4.16. The molecular formula is C21H31N3O2. The van der Waals surface area contributed by atoms with Crippen LogP contribution in [0.4, 0.5) is 0 Å². The molecule has 1 aromatic carbocycles. The zero-order chi connectivity index (χ0) is 18.5. The van der Waals surface area contributed by atoms with E-state index in [0.29, 0.717) is 32.1 Å². The Labute approximate surface area is 156 Å². The second-order valence-corrected chi connectivity index (χ2v) is 7.71. The number of amides is 2. The third-order valence-electron chi connectivity index (χ3n) is 5.97. The first-order chi connectivity index (χ1) is 12.6. The molecular weight excluding hydrogens is 326 g/mol. The van der Waals surface area contributed by atoms with Gasteiger partial charge in [-0.3, -0.25) is 9.59 Å². The van der Waals surface area contributed by atoms with E-state index in [2.05, 4.69) is 0 Å². The maximum Gasteiger partial charge on any atom is 0.227 e. The Morgan fingerprint density at radius 3 is 2.15 bits per heavy atom. The van der Waals surface area contributed by atoms with Gasteiger partial charge in [0.05, 0.1) is 5.92 Å². The van der Waals surface area contributed by atoms with Crippen LogP contribution in [0.3, 0.4) is 0 Å². The van der Waals surface area contributed by atoms with E-state index >= 15 is 0 Å². The maximum atomic E-state index is 12.8. The molecule has 142 valence electrons. The number of piperazine rings is 1. The summed E-state index contributed by atoms with van der Waals surface area (Å²) in [7, 11) is 0. The Kier molecular flexibility index (Phi) is 6.30. The highest BCUT2D eigenvalue weighted by Crippen LogP contribution is 2.26. The summed E-state index contributed by atoms with van der Waals surface area (Å²) in [5, 5.41) is 0. The van der Waals surface area contributed by atoms with Crippen LogP contribution in [-0.2, 0) is 9.59 Å². The quantitative estimate of drug-likeness (QED) is 0.901. The third-order valence-corrected chi connectivity index (χ3v) is 5.97. The van der Waals surface area contributed by atoms with Gasteiger partial charge in [0, 0.05) is 38.1 Å². The first-order valence-electron chi connectivity index (χ1n) is 9.96. The van der Waals surface area contributed by atoms with Gasteiger partial charge in [-0.2, -0.15) is 0 Å². The Morgan fingerprint density at radius 1 is 0.962 bits per heavy atom. The van der Waals surface area contributed by atoms with Crippen molar-refractivity contribution in [1.29, 1.82) is 0 Å². The van der Waals surface area contributed by atoms with Gasteiger partial charge in [0.2, 0.25) is 11.8 Å². The van der Waals surface area contributed by atoms with Gasteiger partial charge in [-0.05, 0) is 18.4 Å². The van der Waals surface area contributed by atoms with Crippen molar-refractivity contribution in [3.05, 3.63) is 35.9 Å². The molecule has 1 aliphatic carbocycles. The highest BCUT2D eigenvalue weighted by molar-refractivity contribution is 5.81. The number of carbonyl (C=O) groups is 2. The molecule has 0 radical (unpaired) electrons. The van der Waals surface area contributed by atoms with Crippen molar-refractivity contribution in [3.8, 4) is 0 Å². The van der Waals surface area contributed by atoms with Crippen LogP contribution in [0.15, 0.2) is 30.3 Å². The van der Waals surface area contributed by atoms with Crippen molar-refractivity contribution >= 4 is 11.8 Å². The summed E-state index contributed by atoms with van der Waals surface area (Å²) in [6, 6.07) is 9.48. The molecule has 0 bridgehead atoms. The molecule has 0 spiro atoms. The monoisotopic (exact) mass is 357 g/mol. The smallest absolute Gasteiger partial charge is 0.227 e. The molecule has 0 aromatic heterocycles.